The molecule has 0 atom stereocenters. The van der Waals surface area contributed by atoms with Gasteiger partial charge in [0.15, 0.2) is 0 Å². The van der Waals surface area contributed by atoms with Crippen LogP contribution in [-0.2, 0) is 0 Å². The van der Waals surface area contributed by atoms with Crippen molar-refractivity contribution in [3.63, 3.8) is 0 Å². The summed E-state index contributed by atoms with van der Waals surface area (Å²) in [5.74, 6) is 0.896. The maximum absolute atomic E-state index is 5.78. The molecule has 0 aliphatic carbocycles. The number of hydrogen-bond acceptors (Lipinski definition) is 4. The van der Waals surface area contributed by atoms with Crippen molar-refractivity contribution >= 4 is 22.4 Å². The number of nitrogens with zero attached hydrogens (tertiary/aromatic N) is 2. The van der Waals surface area contributed by atoms with Gasteiger partial charge in [-0.05, 0) is 30.7 Å². The van der Waals surface area contributed by atoms with Crippen molar-refractivity contribution in [3.05, 3.63) is 65.4 Å². The van der Waals surface area contributed by atoms with Crippen molar-refractivity contribution in [2.24, 2.45) is 0 Å². The molecular formula is C22H20N2OS. The first-order chi connectivity index (χ1) is 12.8. The first-order valence-electron chi connectivity index (χ1n) is 8.88. The monoisotopic (exact) mass is 360 g/mol. The van der Waals surface area contributed by atoms with Crippen molar-refractivity contribution in [3.8, 4) is 28.3 Å². The molecule has 4 aromatic rings. The number of benzene rings is 2. The zero-order valence-electron chi connectivity index (χ0n) is 14.7. The first-order valence-corrected chi connectivity index (χ1v) is 9.82. The van der Waals surface area contributed by atoms with E-state index in [1.165, 1.54) is 0 Å². The molecule has 0 aliphatic heterocycles. The van der Waals surface area contributed by atoms with Crippen LogP contribution in [0.25, 0.3) is 33.5 Å². The van der Waals surface area contributed by atoms with E-state index in [0.29, 0.717) is 0 Å². The molecule has 0 aliphatic rings. The van der Waals surface area contributed by atoms with Gasteiger partial charge in [-0.15, -0.1) is 11.3 Å². The molecule has 0 spiro atoms. The molecule has 0 bridgehead atoms. The highest BCUT2D eigenvalue weighted by atomic mass is 32.1. The van der Waals surface area contributed by atoms with E-state index < -0.39 is 0 Å². The summed E-state index contributed by atoms with van der Waals surface area (Å²) < 4.78 is 5.78. The Morgan fingerprint density at radius 1 is 0.808 bits per heavy atom. The average molecular weight is 360 g/mol. The van der Waals surface area contributed by atoms with Gasteiger partial charge in [0.1, 0.15) is 16.8 Å². The molecule has 3 nitrogen and oxygen atoms in total. The highest BCUT2D eigenvalue weighted by Gasteiger charge is 2.13. The van der Waals surface area contributed by atoms with Crippen LogP contribution in [-0.4, -0.2) is 16.6 Å². The molecule has 2 aromatic carbocycles. The Labute approximate surface area is 157 Å². The second-order valence-electron chi connectivity index (χ2n) is 6.16. The number of aromatic nitrogens is 2. The summed E-state index contributed by atoms with van der Waals surface area (Å²) in [6.07, 6.45) is 2.20. The van der Waals surface area contributed by atoms with Crippen LogP contribution >= 0.6 is 11.3 Å². The van der Waals surface area contributed by atoms with Crippen LogP contribution in [0.3, 0.4) is 0 Å². The van der Waals surface area contributed by atoms with Crippen molar-refractivity contribution in [1.82, 2.24) is 9.97 Å². The molecule has 0 amide bonds. The Hall–Kier alpha value is -2.72. The number of hydrogen-bond donors (Lipinski definition) is 0. The van der Waals surface area contributed by atoms with Gasteiger partial charge in [-0.25, -0.2) is 9.97 Å². The van der Waals surface area contributed by atoms with Gasteiger partial charge >= 0.3 is 0 Å². The minimum absolute atomic E-state index is 0.756. The van der Waals surface area contributed by atoms with E-state index >= 15 is 0 Å². The van der Waals surface area contributed by atoms with Gasteiger partial charge in [-0.3, -0.25) is 0 Å². The Balaban J connectivity index is 1.75. The predicted octanol–water partition coefficient (Wildman–Crippen LogP) is 6.20. The van der Waals surface area contributed by atoms with Crippen LogP contribution < -0.4 is 4.74 Å². The van der Waals surface area contributed by atoms with Gasteiger partial charge in [0, 0.05) is 21.9 Å². The third kappa shape index (κ3) is 3.46. The molecule has 2 aromatic heterocycles. The van der Waals surface area contributed by atoms with E-state index in [9.17, 15) is 0 Å². The van der Waals surface area contributed by atoms with Crippen LogP contribution in [0.5, 0.6) is 5.75 Å². The quantitative estimate of drug-likeness (QED) is 0.384. The third-order valence-electron chi connectivity index (χ3n) is 4.25. The Bertz CT molecular complexity index is 994. The van der Waals surface area contributed by atoms with E-state index in [1.807, 2.05) is 41.1 Å². The van der Waals surface area contributed by atoms with Crippen molar-refractivity contribution in [1.29, 1.82) is 0 Å². The van der Waals surface area contributed by atoms with E-state index in [-0.39, 0.29) is 0 Å². The zero-order valence-corrected chi connectivity index (χ0v) is 15.5. The standard InChI is InChI=1S/C22H20N2OS/c1-2-3-13-25-18-11-9-17(10-12-18)22-21(16-7-5-4-6-8-16)23-19-14-26-15-20(19)24-22/h4-12,14-15H,2-3,13H2,1H3. The Morgan fingerprint density at radius 3 is 2.04 bits per heavy atom. The largest absolute Gasteiger partial charge is 0.494 e. The summed E-state index contributed by atoms with van der Waals surface area (Å²) in [6, 6.07) is 18.4. The minimum atomic E-state index is 0.756. The third-order valence-corrected chi connectivity index (χ3v) is 4.97. The number of rotatable bonds is 6. The highest BCUT2D eigenvalue weighted by molar-refractivity contribution is 7.09. The molecule has 0 radical (unpaired) electrons. The summed E-state index contributed by atoms with van der Waals surface area (Å²) in [7, 11) is 0. The van der Waals surface area contributed by atoms with Gasteiger partial charge in [-0.2, -0.15) is 0 Å². The first kappa shape index (κ1) is 16.7. The summed E-state index contributed by atoms with van der Waals surface area (Å²) >= 11 is 1.63. The fraction of sp³-hybridized carbons (Fsp3) is 0.182. The molecule has 0 unspecified atom stereocenters. The molecule has 4 heteroatoms. The molecule has 26 heavy (non-hydrogen) atoms. The van der Waals surface area contributed by atoms with E-state index in [4.69, 9.17) is 14.7 Å². The zero-order chi connectivity index (χ0) is 17.8. The average Bonchev–Trinajstić information content (AvgIpc) is 3.16. The second kappa shape index (κ2) is 7.67. The molecule has 0 saturated heterocycles. The van der Waals surface area contributed by atoms with Crippen molar-refractivity contribution in [2.75, 3.05) is 6.61 Å². The number of thiophene rings is 1. The van der Waals surface area contributed by atoms with Crippen LogP contribution in [0, 0.1) is 0 Å². The number of fused-ring (bicyclic) bond motifs is 1. The second-order valence-corrected chi connectivity index (χ2v) is 6.90. The lowest BCUT2D eigenvalue weighted by atomic mass is 10.0. The topological polar surface area (TPSA) is 35.0 Å². The Kier molecular flexibility index (Phi) is 4.93. The van der Waals surface area contributed by atoms with Gasteiger partial charge in [0.05, 0.1) is 18.0 Å². The lowest BCUT2D eigenvalue weighted by molar-refractivity contribution is 0.309. The Morgan fingerprint density at radius 2 is 1.42 bits per heavy atom. The molecule has 0 N–H and O–H groups in total. The number of ether oxygens (including phenoxy) is 1. The molecule has 0 fully saturated rings. The van der Waals surface area contributed by atoms with Gasteiger partial charge < -0.3 is 4.74 Å². The van der Waals surface area contributed by atoms with Gasteiger partial charge in [-0.1, -0.05) is 43.7 Å². The fourth-order valence-corrected chi connectivity index (χ4v) is 3.51. The van der Waals surface area contributed by atoms with Crippen molar-refractivity contribution < 1.29 is 4.74 Å². The van der Waals surface area contributed by atoms with Crippen molar-refractivity contribution in [2.45, 2.75) is 19.8 Å². The van der Waals surface area contributed by atoms with Gasteiger partial charge in [0.2, 0.25) is 0 Å². The summed E-state index contributed by atoms with van der Waals surface area (Å²) in [4.78, 5) is 9.78. The molecule has 130 valence electrons. The maximum Gasteiger partial charge on any atom is 0.119 e. The number of unbranched alkanes of at least 4 members (excludes halogenated alkanes) is 1. The summed E-state index contributed by atoms with van der Waals surface area (Å²) in [5.41, 5.74) is 5.82. The van der Waals surface area contributed by atoms with Crippen LogP contribution in [0.15, 0.2) is 65.4 Å². The lowest BCUT2D eigenvalue weighted by Crippen LogP contribution is -1.97. The van der Waals surface area contributed by atoms with Crippen LogP contribution in [0.1, 0.15) is 19.8 Å². The molecular weight excluding hydrogens is 340 g/mol. The van der Waals surface area contributed by atoms with Crippen LogP contribution in [0.4, 0.5) is 0 Å². The molecule has 2 heterocycles. The molecule has 0 saturated carbocycles. The normalized spacial score (nSPS) is 11.0. The van der Waals surface area contributed by atoms with E-state index in [2.05, 4.69) is 31.2 Å². The van der Waals surface area contributed by atoms with E-state index in [1.54, 1.807) is 11.3 Å². The smallest absolute Gasteiger partial charge is 0.119 e. The predicted molar refractivity (Wildman–Crippen MR) is 109 cm³/mol. The highest BCUT2D eigenvalue weighted by Crippen LogP contribution is 2.32. The van der Waals surface area contributed by atoms with Crippen LogP contribution in [0.2, 0.25) is 0 Å². The van der Waals surface area contributed by atoms with Gasteiger partial charge in [0.25, 0.3) is 0 Å². The lowest BCUT2D eigenvalue weighted by Gasteiger charge is -2.10. The summed E-state index contributed by atoms with van der Waals surface area (Å²) in [6.45, 7) is 2.92. The SMILES string of the molecule is CCCCOc1ccc(-c2nc3cscc3nc2-c2ccccc2)cc1. The minimum Gasteiger partial charge on any atom is -0.494 e. The van der Waals surface area contributed by atoms with E-state index in [0.717, 1.165) is 58.7 Å². The molecule has 4 rings (SSSR count). The summed E-state index contributed by atoms with van der Waals surface area (Å²) in [5, 5.41) is 4.09. The fourth-order valence-electron chi connectivity index (χ4n) is 2.84. The maximum atomic E-state index is 5.78.